The van der Waals surface area contributed by atoms with Crippen LogP contribution in [0.3, 0.4) is 0 Å². The van der Waals surface area contributed by atoms with E-state index in [4.69, 9.17) is 22.1 Å². The van der Waals surface area contributed by atoms with E-state index >= 15 is 0 Å². The van der Waals surface area contributed by atoms with E-state index in [9.17, 15) is 0 Å². The SMILES string of the molecule is COc1ccc(-c2nc(CN)c(Br)n2C)cc1Cl. The van der Waals surface area contributed by atoms with Gasteiger partial charge in [-0.05, 0) is 34.1 Å². The molecule has 96 valence electrons. The van der Waals surface area contributed by atoms with Crippen molar-refractivity contribution >= 4 is 27.5 Å². The van der Waals surface area contributed by atoms with Crippen molar-refractivity contribution in [1.29, 1.82) is 0 Å². The Bertz CT molecular complexity index is 583. The number of benzene rings is 1. The van der Waals surface area contributed by atoms with Crippen molar-refractivity contribution in [3.63, 3.8) is 0 Å². The third kappa shape index (κ3) is 2.25. The van der Waals surface area contributed by atoms with Crippen molar-refractivity contribution in [1.82, 2.24) is 9.55 Å². The van der Waals surface area contributed by atoms with Gasteiger partial charge in [0.05, 0.1) is 17.8 Å². The molecular weight excluding hydrogens is 318 g/mol. The predicted octanol–water partition coefficient (Wildman–Crippen LogP) is 2.97. The van der Waals surface area contributed by atoms with Gasteiger partial charge in [0.1, 0.15) is 16.2 Å². The molecule has 2 aromatic rings. The molecule has 0 aliphatic carbocycles. The maximum absolute atomic E-state index is 6.11. The van der Waals surface area contributed by atoms with Gasteiger partial charge in [-0.15, -0.1) is 0 Å². The number of nitrogens with zero attached hydrogens (tertiary/aromatic N) is 2. The number of hydrogen-bond donors (Lipinski definition) is 1. The molecule has 0 aliphatic heterocycles. The van der Waals surface area contributed by atoms with E-state index in [0.717, 1.165) is 21.7 Å². The van der Waals surface area contributed by atoms with Crippen LogP contribution in [0.5, 0.6) is 5.75 Å². The number of imidazole rings is 1. The van der Waals surface area contributed by atoms with Gasteiger partial charge >= 0.3 is 0 Å². The summed E-state index contributed by atoms with van der Waals surface area (Å²) in [4.78, 5) is 4.49. The fourth-order valence-electron chi connectivity index (χ4n) is 1.73. The number of hydrogen-bond acceptors (Lipinski definition) is 3. The first-order chi connectivity index (χ1) is 8.58. The minimum absolute atomic E-state index is 0.387. The number of aromatic nitrogens is 2. The van der Waals surface area contributed by atoms with Crippen LogP contribution in [-0.2, 0) is 13.6 Å². The van der Waals surface area contributed by atoms with Crippen LogP contribution in [0.1, 0.15) is 5.69 Å². The van der Waals surface area contributed by atoms with Crippen molar-refractivity contribution in [2.24, 2.45) is 12.8 Å². The monoisotopic (exact) mass is 329 g/mol. The lowest BCUT2D eigenvalue weighted by Gasteiger charge is -2.06. The summed E-state index contributed by atoms with van der Waals surface area (Å²) in [7, 11) is 3.51. The average molecular weight is 331 g/mol. The van der Waals surface area contributed by atoms with E-state index in [-0.39, 0.29) is 0 Å². The second-order valence-corrected chi connectivity index (χ2v) is 4.94. The number of methoxy groups -OCH3 is 1. The van der Waals surface area contributed by atoms with Gasteiger partial charge in [-0.1, -0.05) is 11.6 Å². The van der Waals surface area contributed by atoms with Crippen molar-refractivity contribution in [3.05, 3.63) is 33.5 Å². The Kier molecular flexibility index (Phi) is 3.94. The molecule has 0 radical (unpaired) electrons. The third-order valence-electron chi connectivity index (χ3n) is 2.69. The normalized spacial score (nSPS) is 10.7. The van der Waals surface area contributed by atoms with Gasteiger partial charge in [0.25, 0.3) is 0 Å². The standard InChI is InChI=1S/C12H13BrClN3O/c1-17-11(13)9(6-15)16-12(17)7-3-4-10(18-2)8(14)5-7/h3-5H,6,15H2,1-2H3. The molecule has 0 unspecified atom stereocenters. The molecule has 6 heteroatoms. The Morgan fingerprint density at radius 1 is 1.50 bits per heavy atom. The van der Waals surface area contributed by atoms with Crippen LogP contribution >= 0.6 is 27.5 Å². The molecule has 0 aliphatic rings. The van der Waals surface area contributed by atoms with Crippen molar-refractivity contribution in [3.8, 4) is 17.1 Å². The molecule has 0 saturated heterocycles. The Morgan fingerprint density at radius 3 is 2.72 bits per heavy atom. The molecule has 0 bridgehead atoms. The maximum Gasteiger partial charge on any atom is 0.140 e. The smallest absolute Gasteiger partial charge is 0.140 e. The van der Waals surface area contributed by atoms with Crippen LogP contribution in [0.2, 0.25) is 5.02 Å². The number of ether oxygens (including phenoxy) is 1. The van der Waals surface area contributed by atoms with E-state index in [0.29, 0.717) is 17.3 Å². The molecule has 2 rings (SSSR count). The lowest BCUT2D eigenvalue weighted by molar-refractivity contribution is 0.415. The van der Waals surface area contributed by atoms with Crippen molar-refractivity contribution in [2.75, 3.05) is 7.11 Å². The van der Waals surface area contributed by atoms with Gasteiger partial charge < -0.3 is 15.0 Å². The third-order valence-corrected chi connectivity index (χ3v) is 3.98. The van der Waals surface area contributed by atoms with Crippen molar-refractivity contribution < 1.29 is 4.74 Å². The summed E-state index contributed by atoms with van der Waals surface area (Å²) >= 11 is 9.58. The molecule has 18 heavy (non-hydrogen) atoms. The van der Waals surface area contributed by atoms with Crippen LogP contribution < -0.4 is 10.5 Å². The molecule has 0 atom stereocenters. The highest BCUT2D eigenvalue weighted by Crippen LogP contribution is 2.31. The molecule has 0 amide bonds. The lowest BCUT2D eigenvalue weighted by Crippen LogP contribution is -1.97. The second kappa shape index (κ2) is 5.30. The summed E-state index contributed by atoms with van der Waals surface area (Å²) in [5, 5.41) is 0.559. The fraction of sp³-hybridized carbons (Fsp3) is 0.250. The highest BCUT2D eigenvalue weighted by molar-refractivity contribution is 9.10. The molecule has 0 saturated carbocycles. The fourth-order valence-corrected chi connectivity index (χ4v) is 2.41. The first kappa shape index (κ1) is 13.4. The van der Waals surface area contributed by atoms with Crippen LogP contribution in [-0.4, -0.2) is 16.7 Å². The summed E-state index contributed by atoms with van der Waals surface area (Å²) in [6.07, 6.45) is 0. The minimum Gasteiger partial charge on any atom is -0.495 e. The Balaban J connectivity index is 2.52. The summed E-state index contributed by atoms with van der Waals surface area (Å²) in [5.74, 6) is 1.46. The van der Waals surface area contributed by atoms with Gasteiger partial charge in [0, 0.05) is 19.2 Å². The number of halogens is 2. The number of rotatable bonds is 3. The first-order valence-corrected chi connectivity index (χ1v) is 6.50. The molecule has 2 N–H and O–H groups in total. The average Bonchev–Trinajstić information content (AvgIpc) is 2.66. The van der Waals surface area contributed by atoms with Gasteiger partial charge in [-0.3, -0.25) is 0 Å². The summed E-state index contributed by atoms with van der Waals surface area (Å²) in [6, 6.07) is 5.57. The highest BCUT2D eigenvalue weighted by Gasteiger charge is 2.14. The molecule has 1 aromatic heterocycles. The van der Waals surface area contributed by atoms with E-state index in [1.807, 2.05) is 29.8 Å². The van der Waals surface area contributed by atoms with Crippen LogP contribution in [0.15, 0.2) is 22.8 Å². The summed E-state index contributed by atoms with van der Waals surface area (Å²) < 4.78 is 7.94. The zero-order chi connectivity index (χ0) is 13.3. The molecule has 0 spiro atoms. The van der Waals surface area contributed by atoms with Gasteiger partial charge in [0.15, 0.2) is 0 Å². The Labute approximate surface area is 119 Å². The summed E-state index contributed by atoms with van der Waals surface area (Å²) in [6.45, 7) is 0.387. The first-order valence-electron chi connectivity index (χ1n) is 5.33. The van der Waals surface area contributed by atoms with Gasteiger partial charge in [-0.25, -0.2) is 4.98 Å². The number of nitrogens with two attached hydrogens (primary N) is 1. The van der Waals surface area contributed by atoms with Gasteiger partial charge in [-0.2, -0.15) is 0 Å². The Hall–Kier alpha value is -1.04. The minimum atomic E-state index is 0.387. The lowest BCUT2D eigenvalue weighted by atomic mass is 10.2. The largest absolute Gasteiger partial charge is 0.495 e. The van der Waals surface area contributed by atoms with Crippen LogP contribution in [0, 0.1) is 0 Å². The van der Waals surface area contributed by atoms with E-state index in [1.165, 1.54) is 0 Å². The quantitative estimate of drug-likeness (QED) is 0.941. The van der Waals surface area contributed by atoms with Crippen LogP contribution in [0.4, 0.5) is 0 Å². The topological polar surface area (TPSA) is 53.1 Å². The van der Waals surface area contributed by atoms with E-state index in [2.05, 4.69) is 20.9 Å². The molecule has 1 heterocycles. The zero-order valence-electron chi connectivity index (χ0n) is 10.1. The second-order valence-electron chi connectivity index (χ2n) is 3.79. The molecule has 1 aromatic carbocycles. The molecular formula is C12H13BrClN3O. The highest BCUT2D eigenvalue weighted by atomic mass is 79.9. The zero-order valence-corrected chi connectivity index (χ0v) is 12.4. The summed E-state index contributed by atoms with van der Waals surface area (Å²) in [5.41, 5.74) is 7.37. The van der Waals surface area contributed by atoms with E-state index in [1.54, 1.807) is 7.11 Å². The molecule has 4 nitrogen and oxygen atoms in total. The van der Waals surface area contributed by atoms with Crippen molar-refractivity contribution in [2.45, 2.75) is 6.54 Å². The molecule has 0 fully saturated rings. The van der Waals surface area contributed by atoms with E-state index < -0.39 is 0 Å². The predicted molar refractivity (Wildman–Crippen MR) is 75.8 cm³/mol. The van der Waals surface area contributed by atoms with Crippen LogP contribution in [0.25, 0.3) is 11.4 Å². The Morgan fingerprint density at radius 2 is 2.22 bits per heavy atom. The van der Waals surface area contributed by atoms with Gasteiger partial charge in [0.2, 0.25) is 0 Å². The maximum atomic E-state index is 6.11.